The lowest BCUT2D eigenvalue weighted by atomic mass is 10.2. The van der Waals surface area contributed by atoms with Crippen LogP contribution in [0.25, 0.3) is 0 Å². The van der Waals surface area contributed by atoms with Crippen molar-refractivity contribution >= 4 is 39.3 Å². The molecule has 0 aliphatic carbocycles. The summed E-state index contributed by atoms with van der Waals surface area (Å²) in [4.78, 5) is 27.1. The average Bonchev–Trinajstić information content (AvgIpc) is 2.47. The summed E-state index contributed by atoms with van der Waals surface area (Å²) in [5, 5.41) is 5.25. The number of methoxy groups -OCH3 is 1. The summed E-state index contributed by atoms with van der Waals surface area (Å²) in [6.07, 6.45) is 2.49. The van der Waals surface area contributed by atoms with Crippen LogP contribution in [0.2, 0.25) is 0 Å². The number of halogens is 1. The minimum Gasteiger partial charge on any atom is -0.453 e. The second-order valence-electron chi connectivity index (χ2n) is 4.04. The number of hydrogen-bond donors (Lipinski definition) is 2. The van der Waals surface area contributed by atoms with Gasteiger partial charge in [-0.05, 0) is 40.2 Å². The predicted octanol–water partition coefficient (Wildman–Crippen LogP) is 3.27. The zero-order chi connectivity index (χ0) is 15.2. The van der Waals surface area contributed by atoms with Gasteiger partial charge in [-0.25, -0.2) is 4.79 Å². The van der Waals surface area contributed by atoms with Gasteiger partial charge in [-0.3, -0.25) is 15.1 Å². The van der Waals surface area contributed by atoms with Crippen LogP contribution in [0, 0.1) is 0 Å². The van der Waals surface area contributed by atoms with Gasteiger partial charge in [-0.15, -0.1) is 0 Å². The molecule has 7 heteroatoms. The van der Waals surface area contributed by atoms with Gasteiger partial charge in [0.15, 0.2) is 0 Å². The summed E-state index contributed by atoms with van der Waals surface area (Å²) in [5.41, 5.74) is 1.50. The van der Waals surface area contributed by atoms with Crippen molar-refractivity contribution in [1.82, 2.24) is 4.98 Å². The normalized spacial score (nSPS) is 9.81. The molecule has 0 radical (unpaired) electrons. The van der Waals surface area contributed by atoms with Gasteiger partial charge in [-0.2, -0.15) is 0 Å². The monoisotopic (exact) mass is 349 g/mol. The van der Waals surface area contributed by atoms with Crippen LogP contribution >= 0.6 is 15.9 Å². The maximum Gasteiger partial charge on any atom is 0.411 e. The first-order valence-corrected chi connectivity index (χ1v) is 6.75. The third-order valence-electron chi connectivity index (χ3n) is 2.52. The van der Waals surface area contributed by atoms with Gasteiger partial charge in [0, 0.05) is 28.2 Å². The highest BCUT2D eigenvalue weighted by Crippen LogP contribution is 2.17. The van der Waals surface area contributed by atoms with Crippen LogP contribution in [-0.2, 0) is 4.74 Å². The zero-order valence-corrected chi connectivity index (χ0v) is 12.7. The molecular weight excluding hydrogens is 338 g/mol. The number of anilines is 2. The molecule has 0 unspecified atom stereocenters. The van der Waals surface area contributed by atoms with Gasteiger partial charge in [0.25, 0.3) is 5.91 Å². The van der Waals surface area contributed by atoms with E-state index in [9.17, 15) is 9.59 Å². The molecule has 1 aromatic carbocycles. The number of amides is 2. The standard InChI is InChI=1S/C14H12BrN3O3/c1-21-14(20)18-12-4-2-3-11(6-12)17-13(19)9-5-10(15)8-16-7-9/h2-8H,1H3,(H,17,19)(H,18,20). The molecule has 1 heterocycles. The zero-order valence-electron chi connectivity index (χ0n) is 11.1. The van der Waals surface area contributed by atoms with E-state index in [1.165, 1.54) is 13.3 Å². The summed E-state index contributed by atoms with van der Waals surface area (Å²) >= 11 is 3.26. The molecule has 2 N–H and O–H groups in total. The minimum absolute atomic E-state index is 0.293. The largest absolute Gasteiger partial charge is 0.453 e. The molecule has 0 atom stereocenters. The maximum atomic E-state index is 12.1. The van der Waals surface area contributed by atoms with Gasteiger partial charge < -0.3 is 10.1 Å². The average molecular weight is 350 g/mol. The molecular formula is C14H12BrN3O3. The number of carbonyl (C=O) groups excluding carboxylic acids is 2. The fourth-order valence-electron chi connectivity index (χ4n) is 1.58. The Morgan fingerprint density at radius 3 is 2.52 bits per heavy atom. The van der Waals surface area contributed by atoms with Crippen molar-refractivity contribution in [3.63, 3.8) is 0 Å². The van der Waals surface area contributed by atoms with Crippen molar-refractivity contribution in [2.45, 2.75) is 0 Å². The van der Waals surface area contributed by atoms with Gasteiger partial charge in [-0.1, -0.05) is 6.07 Å². The predicted molar refractivity (Wildman–Crippen MR) is 82.4 cm³/mol. The van der Waals surface area contributed by atoms with E-state index in [1.807, 2.05) is 0 Å². The Hall–Kier alpha value is -2.41. The lowest BCUT2D eigenvalue weighted by molar-refractivity contribution is 0.102. The number of pyridine rings is 1. The Morgan fingerprint density at radius 1 is 1.14 bits per heavy atom. The van der Waals surface area contributed by atoms with E-state index in [4.69, 9.17) is 0 Å². The molecule has 21 heavy (non-hydrogen) atoms. The van der Waals surface area contributed by atoms with Crippen molar-refractivity contribution in [2.24, 2.45) is 0 Å². The summed E-state index contributed by atoms with van der Waals surface area (Å²) in [6, 6.07) is 8.40. The van der Waals surface area contributed by atoms with E-state index in [2.05, 4.69) is 36.3 Å². The van der Waals surface area contributed by atoms with Crippen molar-refractivity contribution in [2.75, 3.05) is 17.7 Å². The van der Waals surface area contributed by atoms with Crippen LogP contribution < -0.4 is 10.6 Å². The number of nitrogens with zero attached hydrogens (tertiary/aromatic N) is 1. The Bertz CT molecular complexity index is 676. The topological polar surface area (TPSA) is 80.3 Å². The van der Waals surface area contributed by atoms with Crippen LogP contribution in [0.15, 0.2) is 47.2 Å². The van der Waals surface area contributed by atoms with E-state index in [0.29, 0.717) is 16.9 Å². The first-order chi connectivity index (χ1) is 10.1. The second-order valence-corrected chi connectivity index (χ2v) is 4.96. The van der Waals surface area contributed by atoms with Gasteiger partial charge in [0.2, 0.25) is 0 Å². The third-order valence-corrected chi connectivity index (χ3v) is 2.95. The Morgan fingerprint density at radius 2 is 1.86 bits per heavy atom. The molecule has 0 bridgehead atoms. The Kier molecular flexibility index (Phi) is 4.89. The Labute approximate surface area is 129 Å². The SMILES string of the molecule is COC(=O)Nc1cccc(NC(=O)c2cncc(Br)c2)c1. The molecule has 0 saturated heterocycles. The van der Waals surface area contributed by atoms with Gasteiger partial charge in [0.1, 0.15) is 0 Å². The highest BCUT2D eigenvalue weighted by Gasteiger charge is 2.08. The molecule has 6 nitrogen and oxygen atoms in total. The molecule has 2 aromatic rings. The van der Waals surface area contributed by atoms with Crippen LogP contribution in [-0.4, -0.2) is 24.1 Å². The molecule has 0 spiro atoms. The van der Waals surface area contributed by atoms with Crippen molar-refractivity contribution in [3.05, 3.63) is 52.8 Å². The lowest BCUT2D eigenvalue weighted by Crippen LogP contribution is -2.13. The number of aromatic nitrogens is 1. The minimum atomic E-state index is -0.574. The first kappa shape index (κ1) is 15.0. The van der Waals surface area contributed by atoms with Crippen LogP contribution in [0.5, 0.6) is 0 Å². The molecule has 0 fully saturated rings. The van der Waals surface area contributed by atoms with Crippen molar-refractivity contribution < 1.29 is 14.3 Å². The number of nitrogens with one attached hydrogen (secondary N) is 2. The summed E-state index contributed by atoms with van der Waals surface area (Å²) in [6.45, 7) is 0. The Balaban J connectivity index is 2.11. The van der Waals surface area contributed by atoms with Crippen LogP contribution in [0.4, 0.5) is 16.2 Å². The highest BCUT2D eigenvalue weighted by molar-refractivity contribution is 9.10. The number of ether oxygens (including phenoxy) is 1. The second kappa shape index (κ2) is 6.85. The third kappa shape index (κ3) is 4.28. The van der Waals surface area contributed by atoms with E-state index in [1.54, 1.807) is 36.5 Å². The molecule has 2 amide bonds. The van der Waals surface area contributed by atoms with Crippen molar-refractivity contribution in [1.29, 1.82) is 0 Å². The van der Waals surface area contributed by atoms with Gasteiger partial charge in [0.05, 0.1) is 12.7 Å². The van der Waals surface area contributed by atoms with Crippen LogP contribution in [0.1, 0.15) is 10.4 Å². The molecule has 0 aliphatic rings. The summed E-state index contributed by atoms with van der Waals surface area (Å²) < 4.78 is 5.23. The molecule has 0 saturated carbocycles. The van der Waals surface area contributed by atoms with E-state index >= 15 is 0 Å². The summed E-state index contributed by atoms with van der Waals surface area (Å²) in [5.74, 6) is -0.293. The molecule has 2 rings (SSSR count). The van der Waals surface area contributed by atoms with Crippen molar-refractivity contribution in [3.8, 4) is 0 Å². The van der Waals surface area contributed by atoms with Crippen LogP contribution in [0.3, 0.4) is 0 Å². The van der Waals surface area contributed by atoms with E-state index in [-0.39, 0.29) is 5.91 Å². The smallest absolute Gasteiger partial charge is 0.411 e. The fourth-order valence-corrected chi connectivity index (χ4v) is 1.95. The number of carbonyl (C=O) groups is 2. The maximum absolute atomic E-state index is 12.1. The van der Waals surface area contributed by atoms with E-state index in [0.717, 1.165) is 4.47 Å². The molecule has 1 aromatic heterocycles. The number of benzene rings is 1. The van der Waals surface area contributed by atoms with E-state index < -0.39 is 6.09 Å². The number of hydrogen-bond acceptors (Lipinski definition) is 4. The lowest BCUT2D eigenvalue weighted by Gasteiger charge is -2.08. The first-order valence-electron chi connectivity index (χ1n) is 5.95. The van der Waals surface area contributed by atoms with Gasteiger partial charge >= 0.3 is 6.09 Å². The quantitative estimate of drug-likeness (QED) is 0.890. The molecule has 0 aliphatic heterocycles. The number of rotatable bonds is 3. The summed E-state index contributed by atoms with van der Waals surface area (Å²) in [7, 11) is 1.28. The fraction of sp³-hybridized carbons (Fsp3) is 0.0714. The highest BCUT2D eigenvalue weighted by atomic mass is 79.9. The molecule has 108 valence electrons.